The van der Waals surface area contributed by atoms with Gasteiger partial charge in [-0.3, -0.25) is 15.1 Å². The van der Waals surface area contributed by atoms with Crippen molar-refractivity contribution in [1.29, 1.82) is 0 Å². The van der Waals surface area contributed by atoms with Crippen LogP contribution < -0.4 is 15.8 Å². The third kappa shape index (κ3) is 3.05. The minimum absolute atomic E-state index is 0.0856. The van der Waals surface area contributed by atoms with E-state index in [9.17, 15) is 10.1 Å². The van der Waals surface area contributed by atoms with Crippen molar-refractivity contribution < 1.29 is 4.92 Å². The molecule has 1 saturated heterocycles. The fourth-order valence-corrected chi connectivity index (χ4v) is 3.55. The molecule has 0 amide bonds. The molecule has 0 atom stereocenters. The predicted molar refractivity (Wildman–Crippen MR) is 89.5 cm³/mol. The molecule has 2 fully saturated rings. The van der Waals surface area contributed by atoms with Crippen LogP contribution in [0.15, 0.2) is 24.3 Å². The molecular formula is C15H20N4O2S. The molecule has 1 heterocycles. The van der Waals surface area contributed by atoms with Gasteiger partial charge < -0.3 is 5.32 Å². The molecule has 1 aliphatic carbocycles. The topological polar surface area (TPSA) is 70.4 Å². The first-order valence-electron chi connectivity index (χ1n) is 7.74. The van der Waals surface area contributed by atoms with E-state index >= 15 is 0 Å². The first-order chi connectivity index (χ1) is 10.6. The van der Waals surface area contributed by atoms with Gasteiger partial charge in [0.15, 0.2) is 5.11 Å². The minimum Gasteiger partial charge on any atom is -0.342 e. The van der Waals surface area contributed by atoms with Crippen LogP contribution in [0, 0.1) is 10.1 Å². The second-order valence-corrected chi connectivity index (χ2v) is 6.39. The minimum atomic E-state index is -0.395. The fraction of sp³-hybridized carbons (Fsp3) is 0.533. The van der Waals surface area contributed by atoms with Crippen molar-refractivity contribution in [2.24, 2.45) is 0 Å². The largest absolute Gasteiger partial charge is 0.342 e. The van der Waals surface area contributed by atoms with Gasteiger partial charge in [0.1, 0.15) is 5.66 Å². The highest BCUT2D eigenvalue weighted by Gasteiger charge is 2.40. The first-order valence-corrected chi connectivity index (χ1v) is 8.15. The molecule has 2 N–H and O–H groups in total. The molecule has 0 bridgehead atoms. The lowest BCUT2D eigenvalue weighted by molar-refractivity contribution is -0.384. The van der Waals surface area contributed by atoms with Crippen molar-refractivity contribution in [3.05, 3.63) is 34.4 Å². The van der Waals surface area contributed by atoms with E-state index in [1.165, 1.54) is 44.2 Å². The summed E-state index contributed by atoms with van der Waals surface area (Å²) in [5.74, 6) is 0. The van der Waals surface area contributed by atoms with E-state index < -0.39 is 4.92 Å². The summed E-state index contributed by atoms with van der Waals surface area (Å²) >= 11 is 5.46. The molecule has 1 spiro atoms. The van der Waals surface area contributed by atoms with Gasteiger partial charge >= 0.3 is 0 Å². The van der Waals surface area contributed by atoms with Crippen molar-refractivity contribution in [1.82, 2.24) is 10.7 Å². The van der Waals surface area contributed by atoms with Gasteiger partial charge in [0.25, 0.3) is 5.69 Å². The summed E-state index contributed by atoms with van der Waals surface area (Å²) in [6.07, 6.45) is 8.26. The summed E-state index contributed by atoms with van der Waals surface area (Å²) < 4.78 is 0. The van der Waals surface area contributed by atoms with Crippen LogP contribution in [-0.2, 0) is 0 Å². The fourth-order valence-electron chi connectivity index (χ4n) is 3.20. The lowest BCUT2D eigenvalue weighted by Gasteiger charge is -2.31. The van der Waals surface area contributed by atoms with Crippen LogP contribution in [-0.4, -0.2) is 15.7 Å². The SMILES string of the molecule is O=[N+]([O-])c1ccc(N2NC3(CCCCCCC3)NC2=S)cc1. The van der Waals surface area contributed by atoms with Gasteiger partial charge in [-0.1, -0.05) is 19.3 Å². The maximum Gasteiger partial charge on any atom is 0.269 e. The Balaban J connectivity index is 1.77. The zero-order chi connectivity index (χ0) is 15.6. The summed E-state index contributed by atoms with van der Waals surface area (Å²) in [5, 5.41) is 16.7. The molecule has 118 valence electrons. The maximum absolute atomic E-state index is 10.7. The van der Waals surface area contributed by atoms with Crippen molar-refractivity contribution in [2.75, 3.05) is 5.01 Å². The molecule has 6 nitrogen and oxygen atoms in total. The average Bonchev–Trinajstić information content (AvgIpc) is 2.81. The van der Waals surface area contributed by atoms with Crippen LogP contribution >= 0.6 is 12.2 Å². The third-order valence-corrected chi connectivity index (χ3v) is 4.69. The monoisotopic (exact) mass is 320 g/mol. The number of nitro groups is 1. The smallest absolute Gasteiger partial charge is 0.269 e. The molecule has 1 saturated carbocycles. The quantitative estimate of drug-likeness (QED) is 0.495. The highest BCUT2D eigenvalue weighted by molar-refractivity contribution is 7.80. The Hall–Kier alpha value is -1.73. The molecule has 0 unspecified atom stereocenters. The summed E-state index contributed by atoms with van der Waals surface area (Å²) in [4.78, 5) is 10.4. The Bertz CT molecular complexity index is 567. The van der Waals surface area contributed by atoms with Gasteiger partial charge in [0, 0.05) is 12.1 Å². The Morgan fingerprint density at radius 3 is 2.27 bits per heavy atom. The molecule has 0 radical (unpaired) electrons. The zero-order valence-corrected chi connectivity index (χ0v) is 13.2. The Labute approximate surface area is 135 Å². The van der Waals surface area contributed by atoms with Crippen molar-refractivity contribution in [3.63, 3.8) is 0 Å². The standard InChI is InChI=1S/C15H20N4O2S/c20-19(21)13-8-6-12(7-9-13)18-14(22)16-15(17-18)10-4-2-1-3-5-11-15/h6-9,17H,1-5,10-11H2,(H,16,22). The van der Waals surface area contributed by atoms with Gasteiger partial charge in [-0.05, 0) is 50.0 Å². The molecule has 1 aromatic rings. The van der Waals surface area contributed by atoms with E-state index in [1.54, 1.807) is 12.1 Å². The first kappa shape index (κ1) is 15.2. The number of hydrazine groups is 1. The molecule has 0 aromatic heterocycles. The maximum atomic E-state index is 10.7. The zero-order valence-electron chi connectivity index (χ0n) is 12.4. The van der Waals surface area contributed by atoms with Crippen molar-refractivity contribution in [3.8, 4) is 0 Å². The number of nitrogens with zero attached hydrogens (tertiary/aromatic N) is 2. The molecule has 3 rings (SSSR count). The lowest BCUT2D eigenvalue weighted by Crippen LogP contribution is -2.51. The molecule has 1 aromatic carbocycles. The number of anilines is 1. The molecule has 22 heavy (non-hydrogen) atoms. The van der Waals surface area contributed by atoms with E-state index in [4.69, 9.17) is 12.2 Å². The van der Waals surface area contributed by atoms with Gasteiger partial charge in [-0.15, -0.1) is 0 Å². The van der Waals surface area contributed by atoms with Gasteiger partial charge in [0.2, 0.25) is 0 Å². The summed E-state index contributed by atoms with van der Waals surface area (Å²) in [5.41, 5.74) is 4.24. The normalized spacial score (nSPS) is 21.3. The van der Waals surface area contributed by atoms with Crippen LogP contribution in [0.3, 0.4) is 0 Å². The van der Waals surface area contributed by atoms with Crippen molar-refractivity contribution in [2.45, 2.75) is 50.6 Å². The second kappa shape index (κ2) is 6.18. The number of benzene rings is 1. The summed E-state index contributed by atoms with van der Waals surface area (Å²) in [6, 6.07) is 6.45. The highest BCUT2D eigenvalue weighted by atomic mass is 32.1. The van der Waals surface area contributed by atoms with Gasteiger partial charge in [-0.25, -0.2) is 5.43 Å². The van der Waals surface area contributed by atoms with E-state index in [0.29, 0.717) is 5.11 Å². The van der Waals surface area contributed by atoms with Gasteiger partial charge in [-0.2, -0.15) is 0 Å². The van der Waals surface area contributed by atoms with Crippen LogP contribution in [0.2, 0.25) is 0 Å². The van der Waals surface area contributed by atoms with Crippen molar-refractivity contribution >= 4 is 28.7 Å². The lowest BCUT2D eigenvalue weighted by atomic mass is 9.92. The van der Waals surface area contributed by atoms with E-state index in [-0.39, 0.29) is 11.4 Å². The molecular weight excluding hydrogens is 300 g/mol. The number of hydrogen-bond acceptors (Lipinski definition) is 4. The second-order valence-electron chi connectivity index (χ2n) is 6.00. The van der Waals surface area contributed by atoms with Crippen LogP contribution in [0.1, 0.15) is 44.9 Å². The van der Waals surface area contributed by atoms with Crippen LogP contribution in [0.25, 0.3) is 0 Å². The number of nitro benzene ring substituents is 1. The highest BCUT2D eigenvalue weighted by Crippen LogP contribution is 2.30. The Morgan fingerprint density at radius 1 is 1.09 bits per heavy atom. The van der Waals surface area contributed by atoms with E-state index in [2.05, 4.69) is 10.7 Å². The number of nitrogens with one attached hydrogen (secondary N) is 2. The molecule has 7 heteroatoms. The average molecular weight is 320 g/mol. The summed E-state index contributed by atoms with van der Waals surface area (Å²) in [6.45, 7) is 0. The Morgan fingerprint density at radius 2 is 1.68 bits per heavy atom. The Kier molecular flexibility index (Phi) is 4.26. The van der Waals surface area contributed by atoms with Crippen LogP contribution in [0.4, 0.5) is 11.4 Å². The third-order valence-electron chi connectivity index (χ3n) is 4.40. The summed E-state index contributed by atoms with van der Waals surface area (Å²) in [7, 11) is 0. The van der Waals surface area contributed by atoms with Crippen LogP contribution in [0.5, 0.6) is 0 Å². The predicted octanol–water partition coefficient (Wildman–Crippen LogP) is 3.23. The number of rotatable bonds is 2. The number of non-ortho nitro benzene ring substituents is 1. The van der Waals surface area contributed by atoms with E-state index in [0.717, 1.165) is 18.5 Å². The van der Waals surface area contributed by atoms with E-state index in [1.807, 2.05) is 5.01 Å². The van der Waals surface area contributed by atoms with Gasteiger partial charge in [0.05, 0.1) is 10.6 Å². The molecule has 1 aliphatic heterocycles. The molecule has 2 aliphatic rings. The number of thiocarbonyl (C=S) groups is 1. The number of hydrogen-bond donors (Lipinski definition) is 2.